The largest absolute Gasteiger partial charge is 0.383 e. The van der Waals surface area contributed by atoms with E-state index in [-0.39, 0.29) is 11.7 Å². The topological polar surface area (TPSA) is 43.3 Å². The summed E-state index contributed by atoms with van der Waals surface area (Å²) in [7, 11) is 1.61. The fourth-order valence-electron chi connectivity index (χ4n) is 1.97. The summed E-state index contributed by atoms with van der Waals surface area (Å²) < 4.78 is 20.5. The number of ether oxygens (including phenoxy) is 1. The summed E-state index contributed by atoms with van der Waals surface area (Å²) in [5, 5.41) is 2.80. The van der Waals surface area contributed by atoms with Gasteiger partial charge in [0.2, 0.25) is 0 Å². The first-order chi connectivity index (χ1) is 10.0. The Morgan fingerprint density at radius 3 is 2.95 bits per heavy atom. The van der Waals surface area contributed by atoms with E-state index in [1.165, 1.54) is 6.07 Å². The van der Waals surface area contributed by atoms with Gasteiger partial charge in [0.05, 0.1) is 11.1 Å². The summed E-state index contributed by atoms with van der Waals surface area (Å²) in [6.07, 6.45) is 1.82. The molecule has 0 aliphatic carbocycles. The first-order valence-corrected chi connectivity index (χ1v) is 7.23. The third kappa shape index (κ3) is 3.71. The molecule has 0 atom stereocenters. The quantitative estimate of drug-likeness (QED) is 0.891. The van der Waals surface area contributed by atoms with E-state index in [4.69, 9.17) is 4.74 Å². The van der Waals surface area contributed by atoms with Crippen LogP contribution in [-0.2, 0) is 11.3 Å². The lowest BCUT2D eigenvalue weighted by molar-refractivity contribution is 0.101. The van der Waals surface area contributed by atoms with Gasteiger partial charge in [0.15, 0.2) is 0 Å². The number of benzene rings is 1. The number of carbonyl (C=O) groups excluding carboxylic acids is 1. The van der Waals surface area contributed by atoms with E-state index < -0.39 is 0 Å². The number of anilines is 1. The standard InChI is InChI=1S/C15H16BrFN2O2/c1-10-8-12(17)11(16)9-13(10)18-15(20)14-4-3-5-19(14)6-7-21-2/h3-5,8-9H,6-7H2,1-2H3,(H,18,20). The third-order valence-corrected chi connectivity index (χ3v) is 3.72. The van der Waals surface area contributed by atoms with Crippen LogP contribution in [-0.4, -0.2) is 24.2 Å². The van der Waals surface area contributed by atoms with Gasteiger partial charge in [-0.3, -0.25) is 4.79 Å². The minimum absolute atomic E-state index is 0.238. The van der Waals surface area contributed by atoms with E-state index >= 15 is 0 Å². The van der Waals surface area contributed by atoms with Crippen molar-refractivity contribution in [3.63, 3.8) is 0 Å². The molecule has 0 saturated heterocycles. The lowest BCUT2D eigenvalue weighted by Crippen LogP contribution is -2.18. The fraction of sp³-hybridized carbons (Fsp3) is 0.267. The molecular weight excluding hydrogens is 339 g/mol. The maximum atomic E-state index is 13.4. The average Bonchev–Trinajstić information content (AvgIpc) is 2.91. The molecule has 0 aliphatic rings. The van der Waals surface area contributed by atoms with Crippen LogP contribution in [0.5, 0.6) is 0 Å². The van der Waals surface area contributed by atoms with Gasteiger partial charge in [-0.15, -0.1) is 0 Å². The summed E-state index contributed by atoms with van der Waals surface area (Å²) in [6.45, 7) is 2.86. The van der Waals surface area contributed by atoms with Gasteiger partial charge in [0, 0.05) is 25.5 Å². The molecule has 2 aromatic rings. The van der Waals surface area contributed by atoms with Crippen molar-refractivity contribution in [2.75, 3.05) is 19.0 Å². The van der Waals surface area contributed by atoms with Crippen LogP contribution in [0.2, 0.25) is 0 Å². The number of hydrogen-bond donors (Lipinski definition) is 1. The zero-order chi connectivity index (χ0) is 15.4. The maximum Gasteiger partial charge on any atom is 0.272 e. The second kappa shape index (κ2) is 6.87. The van der Waals surface area contributed by atoms with Crippen molar-refractivity contribution in [3.05, 3.63) is 52.0 Å². The number of nitrogens with zero attached hydrogens (tertiary/aromatic N) is 1. The Balaban J connectivity index is 2.19. The van der Waals surface area contributed by atoms with Gasteiger partial charge in [-0.1, -0.05) is 0 Å². The SMILES string of the molecule is COCCn1cccc1C(=O)Nc1cc(Br)c(F)cc1C. The number of methoxy groups -OCH3 is 1. The molecule has 6 heteroatoms. The molecule has 0 fully saturated rings. The minimum Gasteiger partial charge on any atom is -0.383 e. The van der Waals surface area contributed by atoms with Crippen LogP contribution in [0, 0.1) is 12.7 Å². The van der Waals surface area contributed by atoms with Crippen molar-refractivity contribution in [3.8, 4) is 0 Å². The molecule has 1 aromatic carbocycles. The molecule has 1 heterocycles. The predicted octanol–water partition coefficient (Wildman–Crippen LogP) is 3.60. The first kappa shape index (κ1) is 15.7. The van der Waals surface area contributed by atoms with Crippen LogP contribution in [0.3, 0.4) is 0 Å². The van der Waals surface area contributed by atoms with Crippen LogP contribution >= 0.6 is 15.9 Å². The summed E-state index contributed by atoms with van der Waals surface area (Å²) in [5.74, 6) is -0.591. The van der Waals surface area contributed by atoms with Crippen LogP contribution < -0.4 is 5.32 Å². The molecule has 0 unspecified atom stereocenters. The van der Waals surface area contributed by atoms with Gasteiger partial charge >= 0.3 is 0 Å². The van der Waals surface area contributed by atoms with E-state index in [9.17, 15) is 9.18 Å². The molecule has 4 nitrogen and oxygen atoms in total. The number of aryl methyl sites for hydroxylation is 1. The Morgan fingerprint density at radius 2 is 2.24 bits per heavy atom. The van der Waals surface area contributed by atoms with E-state index in [1.54, 1.807) is 32.2 Å². The Hall–Kier alpha value is -1.66. The zero-order valence-corrected chi connectivity index (χ0v) is 13.4. The van der Waals surface area contributed by atoms with Crippen molar-refractivity contribution in [2.24, 2.45) is 0 Å². The summed E-state index contributed by atoms with van der Waals surface area (Å²) in [4.78, 5) is 12.3. The van der Waals surface area contributed by atoms with Crippen LogP contribution in [0.1, 0.15) is 16.1 Å². The zero-order valence-electron chi connectivity index (χ0n) is 11.8. The molecule has 112 valence electrons. The smallest absolute Gasteiger partial charge is 0.272 e. The molecule has 0 radical (unpaired) electrons. The number of amides is 1. The molecule has 21 heavy (non-hydrogen) atoms. The Labute approximate surface area is 131 Å². The summed E-state index contributed by atoms with van der Waals surface area (Å²) >= 11 is 3.12. The summed E-state index contributed by atoms with van der Waals surface area (Å²) in [5.41, 5.74) is 1.78. The maximum absolute atomic E-state index is 13.4. The molecule has 1 N–H and O–H groups in total. The highest BCUT2D eigenvalue weighted by Gasteiger charge is 2.13. The van der Waals surface area contributed by atoms with Crippen LogP contribution in [0.25, 0.3) is 0 Å². The first-order valence-electron chi connectivity index (χ1n) is 6.44. The molecule has 0 saturated carbocycles. The predicted molar refractivity (Wildman–Crippen MR) is 83.1 cm³/mol. The molecular formula is C15H16BrFN2O2. The minimum atomic E-state index is -0.353. The van der Waals surface area contributed by atoms with Gasteiger partial charge in [0.1, 0.15) is 11.5 Å². The van der Waals surface area contributed by atoms with Gasteiger partial charge in [0.25, 0.3) is 5.91 Å². The van der Waals surface area contributed by atoms with Gasteiger partial charge in [-0.05, 0) is 52.7 Å². The normalized spacial score (nSPS) is 10.7. The fourth-order valence-corrected chi connectivity index (χ4v) is 2.32. The number of nitrogens with one attached hydrogen (secondary N) is 1. The number of aromatic nitrogens is 1. The van der Waals surface area contributed by atoms with E-state index in [0.717, 1.165) is 0 Å². The molecule has 0 spiro atoms. The van der Waals surface area contributed by atoms with Crippen molar-refractivity contribution in [1.29, 1.82) is 0 Å². The number of hydrogen-bond acceptors (Lipinski definition) is 2. The second-order valence-electron chi connectivity index (χ2n) is 4.61. The molecule has 1 amide bonds. The van der Waals surface area contributed by atoms with Gasteiger partial charge < -0.3 is 14.6 Å². The van der Waals surface area contributed by atoms with Crippen molar-refractivity contribution in [1.82, 2.24) is 4.57 Å². The van der Waals surface area contributed by atoms with Crippen molar-refractivity contribution in [2.45, 2.75) is 13.5 Å². The monoisotopic (exact) mass is 354 g/mol. The highest BCUT2D eigenvalue weighted by molar-refractivity contribution is 9.10. The van der Waals surface area contributed by atoms with Crippen molar-refractivity contribution >= 4 is 27.5 Å². The second-order valence-corrected chi connectivity index (χ2v) is 5.47. The van der Waals surface area contributed by atoms with Crippen molar-refractivity contribution < 1.29 is 13.9 Å². The Kier molecular flexibility index (Phi) is 5.14. The number of carbonyl (C=O) groups is 1. The third-order valence-electron chi connectivity index (χ3n) is 3.11. The van der Waals surface area contributed by atoms with Crippen LogP contribution in [0.4, 0.5) is 10.1 Å². The van der Waals surface area contributed by atoms with Gasteiger partial charge in [-0.2, -0.15) is 0 Å². The van der Waals surface area contributed by atoms with Gasteiger partial charge in [-0.25, -0.2) is 4.39 Å². The number of halogens is 2. The lowest BCUT2D eigenvalue weighted by atomic mass is 10.2. The highest BCUT2D eigenvalue weighted by atomic mass is 79.9. The molecule has 0 aliphatic heterocycles. The van der Waals surface area contributed by atoms with E-state index in [2.05, 4.69) is 21.2 Å². The Morgan fingerprint density at radius 1 is 1.48 bits per heavy atom. The molecule has 1 aromatic heterocycles. The Bertz CT molecular complexity index is 655. The van der Waals surface area contributed by atoms with E-state index in [1.807, 2.05) is 10.8 Å². The molecule has 2 rings (SSSR count). The highest BCUT2D eigenvalue weighted by Crippen LogP contribution is 2.24. The van der Waals surface area contributed by atoms with Crippen LogP contribution in [0.15, 0.2) is 34.9 Å². The molecule has 0 bridgehead atoms. The summed E-state index contributed by atoms with van der Waals surface area (Å²) in [6, 6.07) is 6.48. The average molecular weight is 355 g/mol. The number of rotatable bonds is 5. The lowest BCUT2D eigenvalue weighted by Gasteiger charge is -2.12. The van der Waals surface area contributed by atoms with E-state index in [0.29, 0.717) is 34.6 Å².